The SMILES string of the molecule is Cc1ccc(S(=O)(=O)NCCC(=O)Nc2ccc(N3CCCCC3)cc2)c(C)c1. The molecule has 2 aromatic rings. The smallest absolute Gasteiger partial charge is 0.240 e. The van der Waals surface area contributed by atoms with Gasteiger partial charge in [-0.3, -0.25) is 4.79 Å². The Hall–Kier alpha value is -2.38. The van der Waals surface area contributed by atoms with Crippen LogP contribution < -0.4 is 14.9 Å². The zero-order chi connectivity index (χ0) is 20.9. The molecule has 1 fully saturated rings. The van der Waals surface area contributed by atoms with Crippen molar-refractivity contribution in [1.82, 2.24) is 4.72 Å². The number of benzene rings is 2. The molecule has 1 aliphatic heterocycles. The quantitative estimate of drug-likeness (QED) is 0.724. The Balaban J connectivity index is 1.49. The molecule has 2 aromatic carbocycles. The van der Waals surface area contributed by atoms with E-state index in [1.54, 1.807) is 19.1 Å². The summed E-state index contributed by atoms with van der Waals surface area (Å²) in [5.74, 6) is -0.223. The fraction of sp³-hybridized carbons (Fsp3) is 0.409. The van der Waals surface area contributed by atoms with Gasteiger partial charge in [0.25, 0.3) is 0 Å². The Morgan fingerprint density at radius 3 is 2.34 bits per heavy atom. The summed E-state index contributed by atoms with van der Waals surface area (Å²) in [6.45, 7) is 5.88. The van der Waals surface area contributed by atoms with Gasteiger partial charge in [-0.15, -0.1) is 0 Å². The molecule has 0 aliphatic carbocycles. The zero-order valence-electron chi connectivity index (χ0n) is 17.1. The highest BCUT2D eigenvalue weighted by Gasteiger charge is 2.17. The maximum atomic E-state index is 12.4. The average Bonchev–Trinajstić information content (AvgIpc) is 2.69. The van der Waals surface area contributed by atoms with Gasteiger partial charge < -0.3 is 10.2 Å². The molecule has 0 spiro atoms. The van der Waals surface area contributed by atoms with Crippen molar-refractivity contribution in [3.8, 4) is 0 Å². The minimum Gasteiger partial charge on any atom is -0.372 e. The molecular weight excluding hydrogens is 386 g/mol. The Morgan fingerprint density at radius 1 is 1.00 bits per heavy atom. The maximum absolute atomic E-state index is 12.4. The van der Waals surface area contributed by atoms with Crippen molar-refractivity contribution >= 4 is 27.3 Å². The first kappa shape index (κ1) is 21.3. The molecular formula is C22H29N3O3S. The molecule has 1 aliphatic rings. The number of nitrogens with one attached hydrogen (secondary N) is 2. The van der Waals surface area contributed by atoms with Gasteiger partial charge in [0.2, 0.25) is 15.9 Å². The molecule has 0 atom stereocenters. The third-order valence-corrected chi connectivity index (χ3v) is 6.76. The van der Waals surface area contributed by atoms with Gasteiger partial charge in [0.1, 0.15) is 0 Å². The van der Waals surface area contributed by atoms with Crippen molar-refractivity contribution in [1.29, 1.82) is 0 Å². The third kappa shape index (κ3) is 5.81. The summed E-state index contributed by atoms with van der Waals surface area (Å²) < 4.78 is 27.4. The van der Waals surface area contributed by atoms with E-state index in [2.05, 4.69) is 14.9 Å². The number of piperidine rings is 1. The summed E-state index contributed by atoms with van der Waals surface area (Å²) >= 11 is 0. The van der Waals surface area contributed by atoms with E-state index in [0.717, 1.165) is 18.7 Å². The molecule has 156 valence electrons. The summed E-state index contributed by atoms with van der Waals surface area (Å²) in [5.41, 5.74) is 3.58. The number of sulfonamides is 1. The van der Waals surface area contributed by atoms with Crippen LogP contribution in [-0.2, 0) is 14.8 Å². The Bertz CT molecular complexity index is 950. The van der Waals surface area contributed by atoms with Crippen LogP contribution in [0.1, 0.15) is 36.8 Å². The van der Waals surface area contributed by atoms with Gasteiger partial charge in [0.15, 0.2) is 0 Å². The molecule has 6 nitrogen and oxygen atoms in total. The molecule has 29 heavy (non-hydrogen) atoms. The van der Waals surface area contributed by atoms with Gasteiger partial charge in [-0.2, -0.15) is 0 Å². The number of anilines is 2. The minimum atomic E-state index is -3.63. The summed E-state index contributed by atoms with van der Waals surface area (Å²) in [6.07, 6.45) is 3.79. The standard InChI is InChI=1S/C22H29N3O3S/c1-17-6-11-21(18(2)16-17)29(27,28)23-13-12-22(26)24-19-7-9-20(10-8-19)25-14-4-3-5-15-25/h6-11,16,23H,3-5,12-15H2,1-2H3,(H,24,26). The number of rotatable bonds is 7. The molecule has 0 unspecified atom stereocenters. The van der Waals surface area contributed by atoms with Gasteiger partial charge in [0, 0.05) is 37.4 Å². The van der Waals surface area contributed by atoms with Crippen molar-refractivity contribution in [2.24, 2.45) is 0 Å². The highest BCUT2D eigenvalue weighted by Crippen LogP contribution is 2.22. The second kappa shape index (κ2) is 9.41. The molecule has 2 N–H and O–H groups in total. The number of carbonyl (C=O) groups excluding carboxylic acids is 1. The lowest BCUT2D eigenvalue weighted by atomic mass is 10.1. The van der Waals surface area contributed by atoms with Crippen molar-refractivity contribution in [2.45, 2.75) is 44.4 Å². The molecule has 7 heteroatoms. The van der Waals surface area contributed by atoms with Crippen LogP contribution in [0.15, 0.2) is 47.4 Å². The normalized spacial score (nSPS) is 14.6. The van der Waals surface area contributed by atoms with Crippen molar-refractivity contribution in [3.05, 3.63) is 53.6 Å². The zero-order valence-corrected chi connectivity index (χ0v) is 17.9. The highest BCUT2D eigenvalue weighted by molar-refractivity contribution is 7.89. The molecule has 1 heterocycles. The molecule has 1 saturated heterocycles. The van der Waals surface area contributed by atoms with E-state index in [-0.39, 0.29) is 23.8 Å². The first-order chi connectivity index (χ1) is 13.8. The summed E-state index contributed by atoms with van der Waals surface area (Å²) in [5, 5.41) is 2.82. The molecule has 0 aromatic heterocycles. The second-order valence-corrected chi connectivity index (χ2v) is 9.29. The van der Waals surface area contributed by atoms with E-state index in [4.69, 9.17) is 0 Å². The predicted octanol–water partition coefficient (Wildman–Crippen LogP) is 3.60. The van der Waals surface area contributed by atoms with E-state index in [1.165, 1.54) is 24.9 Å². The topological polar surface area (TPSA) is 78.5 Å². The van der Waals surface area contributed by atoms with E-state index < -0.39 is 10.0 Å². The fourth-order valence-corrected chi connectivity index (χ4v) is 4.86. The van der Waals surface area contributed by atoms with E-state index >= 15 is 0 Å². The second-order valence-electron chi connectivity index (χ2n) is 7.56. The average molecular weight is 416 g/mol. The first-order valence-electron chi connectivity index (χ1n) is 10.1. The lowest BCUT2D eigenvalue weighted by Crippen LogP contribution is -2.29. The third-order valence-electron chi connectivity index (χ3n) is 5.14. The number of carbonyl (C=O) groups is 1. The maximum Gasteiger partial charge on any atom is 0.240 e. The van der Waals surface area contributed by atoms with Crippen LogP contribution in [0, 0.1) is 13.8 Å². The van der Waals surface area contributed by atoms with Gasteiger partial charge >= 0.3 is 0 Å². The highest BCUT2D eigenvalue weighted by atomic mass is 32.2. The molecule has 0 bridgehead atoms. The fourth-order valence-electron chi connectivity index (χ4n) is 3.61. The first-order valence-corrected chi connectivity index (χ1v) is 11.6. The van der Waals surface area contributed by atoms with Crippen LogP contribution in [0.5, 0.6) is 0 Å². The molecule has 1 amide bonds. The lowest BCUT2D eigenvalue weighted by Gasteiger charge is -2.28. The number of aryl methyl sites for hydroxylation is 2. The minimum absolute atomic E-state index is 0.0490. The largest absolute Gasteiger partial charge is 0.372 e. The molecule has 0 saturated carbocycles. The van der Waals surface area contributed by atoms with Crippen LogP contribution in [0.3, 0.4) is 0 Å². The van der Waals surface area contributed by atoms with E-state index in [1.807, 2.05) is 37.3 Å². The van der Waals surface area contributed by atoms with E-state index in [0.29, 0.717) is 11.3 Å². The summed E-state index contributed by atoms with van der Waals surface area (Å²) in [7, 11) is -3.63. The molecule has 3 rings (SSSR count). The predicted molar refractivity (Wildman–Crippen MR) is 117 cm³/mol. The summed E-state index contributed by atoms with van der Waals surface area (Å²) in [6, 6.07) is 13.0. The van der Waals surface area contributed by atoms with Crippen LogP contribution in [0.25, 0.3) is 0 Å². The van der Waals surface area contributed by atoms with E-state index in [9.17, 15) is 13.2 Å². The monoisotopic (exact) mass is 415 g/mol. The Morgan fingerprint density at radius 2 is 1.69 bits per heavy atom. The number of hydrogen-bond donors (Lipinski definition) is 2. The Labute approximate surface area is 173 Å². The van der Waals surface area contributed by atoms with Crippen LogP contribution in [0.4, 0.5) is 11.4 Å². The van der Waals surface area contributed by atoms with Gasteiger partial charge in [-0.25, -0.2) is 13.1 Å². The van der Waals surface area contributed by atoms with Crippen LogP contribution >= 0.6 is 0 Å². The van der Waals surface area contributed by atoms with Crippen LogP contribution in [-0.4, -0.2) is 34.0 Å². The van der Waals surface area contributed by atoms with Gasteiger partial charge in [-0.05, 0) is 69.0 Å². The van der Waals surface area contributed by atoms with Crippen molar-refractivity contribution in [2.75, 3.05) is 29.9 Å². The van der Waals surface area contributed by atoms with Crippen molar-refractivity contribution in [3.63, 3.8) is 0 Å². The number of nitrogens with zero attached hydrogens (tertiary/aromatic N) is 1. The summed E-state index contributed by atoms with van der Waals surface area (Å²) in [4.78, 5) is 14.8. The number of amides is 1. The van der Waals surface area contributed by atoms with Gasteiger partial charge in [0.05, 0.1) is 4.90 Å². The molecule has 0 radical (unpaired) electrons. The number of hydrogen-bond acceptors (Lipinski definition) is 4. The Kier molecular flexibility index (Phi) is 6.92. The lowest BCUT2D eigenvalue weighted by molar-refractivity contribution is -0.116. The van der Waals surface area contributed by atoms with Crippen LogP contribution in [0.2, 0.25) is 0 Å². The van der Waals surface area contributed by atoms with Gasteiger partial charge in [-0.1, -0.05) is 17.7 Å². The van der Waals surface area contributed by atoms with Crippen molar-refractivity contribution < 1.29 is 13.2 Å².